The SMILES string of the molecule is CC(C)(C)OC(=O)N1CC=CCC1CN(C(=O)C(F)(F)F)c1ccsc1I. The van der Waals surface area contributed by atoms with Crippen LogP contribution in [0.15, 0.2) is 23.6 Å². The minimum atomic E-state index is -5.01. The van der Waals surface area contributed by atoms with Crippen molar-refractivity contribution in [3.63, 3.8) is 0 Å². The van der Waals surface area contributed by atoms with Gasteiger partial charge in [0.25, 0.3) is 0 Å². The van der Waals surface area contributed by atoms with Gasteiger partial charge in [-0.2, -0.15) is 13.2 Å². The molecule has 10 heteroatoms. The summed E-state index contributed by atoms with van der Waals surface area (Å²) >= 11 is 3.15. The van der Waals surface area contributed by atoms with Gasteiger partial charge in [0.05, 0.1) is 14.6 Å². The van der Waals surface area contributed by atoms with Crippen LogP contribution < -0.4 is 4.90 Å². The van der Waals surface area contributed by atoms with Crippen molar-refractivity contribution in [2.24, 2.45) is 0 Å². The second-order valence-electron chi connectivity index (χ2n) is 6.99. The van der Waals surface area contributed by atoms with Crippen molar-refractivity contribution in [3.8, 4) is 0 Å². The van der Waals surface area contributed by atoms with Crippen LogP contribution in [0.4, 0.5) is 23.7 Å². The molecule has 0 radical (unpaired) electrons. The van der Waals surface area contributed by atoms with Gasteiger partial charge >= 0.3 is 18.2 Å². The number of halogens is 4. The van der Waals surface area contributed by atoms with Crippen LogP contribution in [0.2, 0.25) is 0 Å². The summed E-state index contributed by atoms with van der Waals surface area (Å²) in [6, 6.07) is 0.860. The van der Waals surface area contributed by atoms with E-state index in [4.69, 9.17) is 4.74 Å². The maximum atomic E-state index is 13.1. The Morgan fingerprint density at radius 2 is 2.00 bits per heavy atom. The molecule has 150 valence electrons. The monoisotopic (exact) mass is 516 g/mol. The van der Waals surface area contributed by atoms with E-state index in [0.29, 0.717) is 14.2 Å². The number of anilines is 1. The van der Waals surface area contributed by atoms with Crippen molar-refractivity contribution in [2.75, 3.05) is 18.0 Å². The van der Waals surface area contributed by atoms with Crippen LogP contribution in [0.1, 0.15) is 27.2 Å². The fourth-order valence-electron chi connectivity index (χ4n) is 2.57. The zero-order chi connectivity index (χ0) is 20.4. The molecule has 1 aromatic rings. The average molecular weight is 516 g/mol. The molecule has 0 N–H and O–H groups in total. The molecular formula is C17H20F3IN2O3S. The molecule has 1 atom stereocenters. The number of amides is 2. The van der Waals surface area contributed by atoms with Gasteiger partial charge in [-0.3, -0.25) is 9.69 Å². The molecule has 2 rings (SSSR count). The molecule has 0 bridgehead atoms. The molecule has 2 heterocycles. The highest BCUT2D eigenvalue weighted by Crippen LogP contribution is 2.32. The van der Waals surface area contributed by atoms with Crippen LogP contribution in [0.5, 0.6) is 0 Å². The Balaban J connectivity index is 2.29. The molecule has 27 heavy (non-hydrogen) atoms. The lowest BCUT2D eigenvalue weighted by Crippen LogP contribution is -2.53. The lowest BCUT2D eigenvalue weighted by atomic mass is 10.1. The highest BCUT2D eigenvalue weighted by atomic mass is 127. The van der Waals surface area contributed by atoms with E-state index >= 15 is 0 Å². The highest BCUT2D eigenvalue weighted by molar-refractivity contribution is 14.1. The van der Waals surface area contributed by atoms with Gasteiger partial charge in [-0.05, 0) is 61.2 Å². The summed E-state index contributed by atoms with van der Waals surface area (Å²) in [4.78, 5) is 26.6. The second kappa shape index (κ2) is 8.38. The van der Waals surface area contributed by atoms with Gasteiger partial charge in [0.1, 0.15) is 5.60 Å². The van der Waals surface area contributed by atoms with Gasteiger partial charge in [-0.25, -0.2) is 4.79 Å². The Morgan fingerprint density at radius 3 is 2.52 bits per heavy atom. The highest BCUT2D eigenvalue weighted by Gasteiger charge is 2.45. The number of carbonyl (C=O) groups excluding carboxylic acids is 2. The van der Waals surface area contributed by atoms with Crippen LogP contribution in [0.3, 0.4) is 0 Å². The maximum absolute atomic E-state index is 13.1. The Bertz CT molecular complexity index is 728. The normalized spacial score (nSPS) is 17.7. The summed E-state index contributed by atoms with van der Waals surface area (Å²) in [5.41, 5.74) is -0.533. The Morgan fingerprint density at radius 1 is 1.33 bits per heavy atom. The molecule has 0 saturated carbocycles. The van der Waals surface area contributed by atoms with Crippen molar-refractivity contribution in [3.05, 3.63) is 26.5 Å². The fraction of sp³-hybridized carbons (Fsp3) is 0.529. The van der Waals surface area contributed by atoms with Crippen molar-refractivity contribution >= 4 is 51.6 Å². The Kier molecular flexibility index (Phi) is 6.82. The molecule has 5 nitrogen and oxygen atoms in total. The fourth-order valence-corrected chi connectivity index (χ4v) is 4.10. The first-order valence-corrected chi connectivity index (χ1v) is 10.1. The summed E-state index contributed by atoms with van der Waals surface area (Å²) in [6.07, 6.45) is -1.74. The van der Waals surface area contributed by atoms with Crippen LogP contribution in [-0.4, -0.2) is 47.8 Å². The molecule has 1 unspecified atom stereocenters. The van der Waals surface area contributed by atoms with E-state index in [1.165, 1.54) is 22.3 Å². The lowest BCUT2D eigenvalue weighted by molar-refractivity contribution is -0.170. The third-order valence-corrected chi connectivity index (χ3v) is 5.72. The molecule has 0 spiro atoms. The maximum Gasteiger partial charge on any atom is 0.471 e. The quantitative estimate of drug-likeness (QED) is 0.428. The van der Waals surface area contributed by atoms with Crippen molar-refractivity contribution in [2.45, 2.75) is 45.0 Å². The third kappa shape index (κ3) is 5.84. The number of hydrogen-bond acceptors (Lipinski definition) is 4. The smallest absolute Gasteiger partial charge is 0.444 e. The van der Waals surface area contributed by atoms with E-state index < -0.39 is 29.8 Å². The third-order valence-electron chi connectivity index (χ3n) is 3.72. The topological polar surface area (TPSA) is 49.9 Å². The molecule has 1 aromatic heterocycles. The molecule has 1 aliphatic rings. The van der Waals surface area contributed by atoms with Gasteiger partial charge in [-0.1, -0.05) is 12.2 Å². The Hall–Kier alpha value is -1.30. The van der Waals surface area contributed by atoms with Crippen LogP contribution in [0, 0.1) is 2.88 Å². The zero-order valence-corrected chi connectivity index (χ0v) is 18.0. The predicted molar refractivity (Wildman–Crippen MR) is 106 cm³/mol. The molecule has 0 aliphatic carbocycles. The minimum Gasteiger partial charge on any atom is -0.444 e. The Labute approximate surface area is 173 Å². The van der Waals surface area contributed by atoms with Gasteiger partial charge in [0.15, 0.2) is 0 Å². The summed E-state index contributed by atoms with van der Waals surface area (Å²) in [7, 11) is 0. The first-order chi connectivity index (χ1) is 12.4. The van der Waals surface area contributed by atoms with Crippen molar-refractivity contribution < 1.29 is 27.5 Å². The molecule has 0 saturated heterocycles. The van der Waals surface area contributed by atoms with E-state index in [1.54, 1.807) is 38.3 Å². The summed E-state index contributed by atoms with van der Waals surface area (Å²) < 4.78 is 45.4. The molecule has 0 fully saturated rings. The molecule has 1 aliphatic heterocycles. The zero-order valence-electron chi connectivity index (χ0n) is 15.0. The van der Waals surface area contributed by atoms with Gasteiger partial charge < -0.3 is 9.64 Å². The lowest BCUT2D eigenvalue weighted by Gasteiger charge is -2.37. The largest absolute Gasteiger partial charge is 0.471 e. The van der Waals surface area contributed by atoms with Crippen LogP contribution in [0.25, 0.3) is 0 Å². The standard InChI is InChI=1S/C17H20F3IN2O3S/c1-16(2,3)26-15(25)22-8-5-4-6-11(22)10-23(14(24)17(18,19)20)12-7-9-27-13(12)21/h4-5,7,9,11H,6,8,10H2,1-3H3. The number of rotatable bonds is 3. The van der Waals surface area contributed by atoms with Crippen LogP contribution >= 0.6 is 33.9 Å². The van der Waals surface area contributed by atoms with E-state index in [9.17, 15) is 22.8 Å². The van der Waals surface area contributed by atoms with Crippen LogP contribution in [-0.2, 0) is 9.53 Å². The van der Waals surface area contributed by atoms with E-state index in [1.807, 2.05) is 22.6 Å². The number of thiophene rings is 1. The minimum absolute atomic E-state index is 0.196. The van der Waals surface area contributed by atoms with E-state index in [2.05, 4.69) is 0 Å². The number of hydrogen-bond donors (Lipinski definition) is 0. The van der Waals surface area contributed by atoms with E-state index in [0.717, 1.165) is 0 Å². The summed E-state index contributed by atoms with van der Waals surface area (Å²) in [6.45, 7) is 5.09. The molecule has 0 aromatic carbocycles. The number of alkyl halides is 3. The van der Waals surface area contributed by atoms with Gasteiger partial charge in [0.2, 0.25) is 0 Å². The first kappa shape index (κ1) is 22.0. The summed E-state index contributed by atoms with van der Waals surface area (Å²) in [5, 5.41) is 1.63. The second-order valence-corrected chi connectivity index (χ2v) is 9.71. The van der Waals surface area contributed by atoms with Crippen molar-refractivity contribution in [1.82, 2.24) is 4.90 Å². The predicted octanol–water partition coefficient (Wildman–Crippen LogP) is 4.81. The average Bonchev–Trinajstić information content (AvgIpc) is 2.95. The number of ether oxygens (including phenoxy) is 1. The number of nitrogens with zero attached hydrogens (tertiary/aromatic N) is 2. The van der Waals surface area contributed by atoms with Gasteiger partial charge in [0, 0.05) is 13.1 Å². The van der Waals surface area contributed by atoms with Crippen molar-refractivity contribution in [1.29, 1.82) is 0 Å². The van der Waals surface area contributed by atoms with E-state index in [-0.39, 0.29) is 18.8 Å². The molecular weight excluding hydrogens is 496 g/mol. The molecule has 2 amide bonds. The first-order valence-electron chi connectivity index (χ1n) is 8.16. The number of carbonyl (C=O) groups is 2. The van der Waals surface area contributed by atoms with Gasteiger partial charge in [-0.15, -0.1) is 11.3 Å². The summed E-state index contributed by atoms with van der Waals surface area (Å²) in [5.74, 6) is -1.95.